The van der Waals surface area contributed by atoms with Crippen molar-refractivity contribution in [2.45, 2.75) is 25.0 Å². The Morgan fingerprint density at radius 1 is 1.39 bits per heavy atom. The SMILES string of the molecule is CCCCOCCSc1nc2ccc(N)cc2o1. The third-order valence-corrected chi connectivity index (χ3v) is 3.28. The Kier molecular flexibility index (Phi) is 4.90. The minimum absolute atomic E-state index is 0.676. The smallest absolute Gasteiger partial charge is 0.256 e. The van der Waals surface area contributed by atoms with E-state index in [0.29, 0.717) is 10.9 Å². The van der Waals surface area contributed by atoms with E-state index in [9.17, 15) is 0 Å². The van der Waals surface area contributed by atoms with Crippen LogP contribution < -0.4 is 5.73 Å². The van der Waals surface area contributed by atoms with Crippen LogP contribution in [0.5, 0.6) is 0 Å². The van der Waals surface area contributed by atoms with E-state index < -0.39 is 0 Å². The molecule has 4 nitrogen and oxygen atoms in total. The maximum Gasteiger partial charge on any atom is 0.256 e. The van der Waals surface area contributed by atoms with Gasteiger partial charge in [0.2, 0.25) is 0 Å². The topological polar surface area (TPSA) is 61.3 Å². The first kappa shape index (κ1) is 13.2. The largest absolute Gasteiger partial charge is 0.431 e. The molecule has 0 aliphatic carbocycles. The predicted molar refractivity (Wildman–Crippen MR) is 74.9 cm³/mol. The summed E-state index contributed by atoms with van der Waals surface area (Å²) in [5, 5.41) is 0.676. The van der Waals surface area contributed by atoms with Crippen LogP contribution in [0.25, 0.3) is 11.1 Å². The molecule has 0 saturated heterocycles. The van der Waals surface area contributed by atoms with Crippen molar-refractivity contribution in [2.24, 2.45) is 0 Å². The zero-order chi connectivity index (χ0) is 12.8. The van der Waals surface area contributed by atoms with Crippen molar-refractivity contribution < 1.29 is 9.15 Å². The summed E-state index contributed by atoms with van der Waals surface area (Å²) in [5.41, 5.74) is 7.97. The molecule has 0 spiro atoms. The highest BCUT2D eigenvalue weighted by Gasteiger charge is 2.06. The monoisotopic (exact) mass is 266 g/mol. The molecule has 1 heterocycles. The van der Waals surface area contributed by atoms with E-state index in [2.05, 4.69) is 11.9 Å². The average Bonchev–Trinajstić information content (AvgIpc) is 2.75. The number of thioether (sulfide) groups is 1. The van der Waals surface area contributed by atoms with E-state index in [4.69, 9.17) is 14.9 Å². The van der Waals surface area contributed by atoms with Crippen LogP contribution in [0, 0.1) is 0 Å². The maximum absolute atomic E-state index is 5.69. The number of nitrogens with two attached hydrogens (primary N) is 1. The van der Waals surface area contributed by atoms with Crippen molar-refractivity contribution in [1.82, 2.24) is 4.98 Å². The fourth-order valence-electron chi connectivity index (χ4n) is 1.52. The van der Waals surface area contributed by atoms with Crippen molar-refractivity contribution in [2.75, 3.05) is 24.7 Å². The van der Waals surface area contributed by atoms with Gasteiger partial charge < -0.3 is 14.9 Å². The number of nitrogen functional groups attached to an aromatic ring is 1. The molecule has 2 aromatic rings. The lowest BCUT2D eigenvalue weighted by atomic mass is 10.3. The third-order valence-electron chi connectivity index (χ3n) is 2.49. The van der Waals surface area contributed by atoms with Gasteiger partial charge in [-0.15, -0.1) is 0 Å². The normalized spacial score (nSPS) is 11.2. The van der Waals surface area contributed by atoms with E-state index in [1.807, 2.05) is 12.1 Å². The lowest BCUT2D eigenvalue weighted by molar-refractivity contribution is 0.147. The van der Waals surface area contributed by atoms with E-state index in [1.54, 1.807) is 17.8 Å². The number of unbranched alkanes of at least 4 members (excludes halogenated alkanes) is 1. The Morgan fingerprint density at radius 3 is 3.11 bits per heavy atom. The van der Waals surface area contributed by atoms with E-state index in [-0.39, 0.29) is 0 Å². The number of benzene rings is 1. The molecule has 5 heteroatoms. The van der Waals surface area contributed by atoms with Gasteiger partial charge in [0.25, 0.3) is 5.22 Å². The number of hydrogen-bond acceptors (Lipinski definition) is 5. The van der Waals surface area contributed by atoms with Gasteiger partial charge >= 0.3 is 0 Å². The molecule has 1 aromatic carbocycles. The zero-order valence-electron chi connectivity index (χ0n) is 10.5. The molecule has 0 amide bonds. The van der Waals surface area contributed by atoms with Gasteiger partial charge in [-0.2, -0.15) is 0 Å². The van der Waals surface area contributed by atoms with Gasteiger partial charge in [-0.05, 0) is 18.6 Å². The van der Waals surface area contributed by atoms with Crippen LogP contribution in [0.15, 0.2) is 27.8 Å². The average molecular weight is 266 g/mol. The Labute approximate surface area is 111 Å². The number of ether oxygens (including phenoxy) is 1. The molecule has 0 fully saturated rings. The molecule has 0 unspecified atom stereocenters. The lowest BCUT2D eigenvalue weighted by Gasteiger charge is -2.00. The minimum Gasteiger partial charge on any atom is -0.431 e. The molecular weight excluding hydrogens is 248 g/mol. The highest BCUT2D eigenvalue weighted by Crippen LogP contribution is 2.24. The second-order valence-corrected chi connectivity index (χ2v) is 5.07. The molecule has 98 valence electrons. The summed E-state index contributed by atoms with van der Waals surface area (Å²) in [6.07, 6.45) is 2.28. The Bertz CT molecular complexity index is 499. The summed E-state index contributed by atoms with van der Waals surface area (Å²) in [5.74, 6) is 0.853. The minimum atomic E-state index is 0.676. The zero-order valence-corrected chi connectivity index (χ0v) is 11.3. The highest BCUT2D eigenvalue weighted by atomic mass is 32.2. The lowest BCUT2D eigenvalue weighted by Crippen LogP contribution is -1.98. The molecule has 18 heavy (non-hydrogen) atoms. The molecule has 0 radical (unpaired) electrons. The first-order valence-corrected chi connectivity index (χ1v) is 7.15. The van der Waals surface area contributed by atoms with Crippen molar-refractivity contribution in [3.63, 3.8) is 0 Å². The van der Waals surface area contributed by atoms with Gasteiger partial charge in [-0.1, -0.05) is 25.1 Å². The summed E-state index contributed by atoms with van der Waals surface area (Å²) in [6, 6.07) is 5.49. The molecule has 1 aromatic heterocycles. The second-order valence-electron chi connectivity index (χ2n) is 4.02. The third kappa shape index (κ3) is 3.65. The molecule has 0 aliphatic rings. The van der Waals surface area contributed by atoms with E-state index in [1.165, 1.54) is 6.42 Å². The molecule has 0 saturated carbocycles. The van der Waals surface area contributed by atoms with Crippen LogP contribution in [0.2, 0.25) is 0 Å². The Balaban J connectivity index is 1.81. The second kappa shape index (κ2) is 6.66. The fraction of sp³-hybridized carbons (Fsp3) is 0.462. The highest BCUT2D eigenvalue weighted by molar-refractivity contribution is 7.99. The van der Waals surface area contributed by atoms with Gasteiger partial charge in [0, 0.05) is 24.1 Å². The van der Waals surface area contributed by atoms with Crippen LogP contribution in [0.4, 0.5) is 5.69 Å². The maximum atomic E-state index is 5.69. The van der Waals surface area contributed by atoms with Crippen LogP contribution in [-0.2, 0) is 4.74 Å². The van der Waals surface area contributed by atoms with Crippen LogP contribution in [-0.4, -0.2) is 24.0 Å². The van der Waals surface area contributed by atoms with Crippen LogP contribution in [0.1, 0.15) is 19.8 Å². The molecule has 0 bridgehead atoms. The van der Waals surface area contributed by atoms with Crippen molar-refractivity contribution in [3.05, 3.63) is 18.2 Å². The van der Waals surface area contributed by atoms with Gasteiger partial charge in [-0.25, -0.2) is 4.98 Å². The summed E-state index contributed by atoms with van der Waals surface area (Å²) < 4.78 is 11.1. The molecule has 0 atom stereocenters. The number of oxazole rings is 1. The quantitative estimate of drug-likeness (QED) is 0.473. The first-order chi connectivity index (χ1) is 8.79. The number of rotatable bonds is 7. The number of hydrogen-bond donors (Lipinski definition) is 1. The summed E-state index contributed by atoms with van der Waals surface area (Å²) in [4.78, 5) is 4.37. The van der Waals surface area contributed by atoms with Crippen molar-refractivity contribution in [1.29, 1.82) is 0 Å². The first-order valence-electron chi connectivity index (χ1n) is 6.16. The fourth-order valence-corrected chi connectivity index (χ4v) is 2.21. The number of anilines is 1. The standard InChI is InChI=1S/C13H18N2O2S/c1-2-3-6-16-7-8-18-13-15-11-5-4-10(14)9-12(11)17-13/h4-5,9H,2-3,6-8,14H2,1H3. The summed E-state index contributed by atoms with van der Waals surface area (Å²) in [6.45, 7) is 3.72. The van der Waals surface area contributed by atoms with Gasteiger partial charge in [0.15, 0.2) is 5.58 Å². The van der Waals surface area contributed by atoms with Crippen molar-refractivity contribution in [3.8, 4) is 0 Å². The van der Waals surface area contributed by atoms with Crippen LogP contribution in [0.3, 0.4) is 0 Å². The number of fused-ring (bicyclic) bond motifs is 1. The Hall–Kier alpha value is -1.20. The van der Waals surface area contributed by atoms with E-state index in [0.717, 1.165) is 36.5 Å². The van der Waals surface area contributed by atoms with Gasteiger partial charge in [0.1, 0.15) is 5.52 Å². The number of nitrogens with zero attached hydrogens (tertiary/aromatic N) is 1. The Morgan fingerprint density at radius 2 is 2.28 bits per heavy atom. The molecule has 2 N–H and O–H groups in total. The predicted octanol–water partition coefficient (Wildman–Crippen LogP) is 3.32. The summed E-state index contributed by atoms with van der Waals surface area (Å²) >= 11 is 1.57. The van der Waals surface area contributed by atoms with Crippen molar-refractivity contribution >= 4 is 28.5 Å². The molecule has 0 aliphatic heterocycles. The number of aromatic nitrogens is 1. The van der Waals surface area contributed by atoms with Gasteiger partial charge in [0.05, 0.1) is 6.61 Å². The van der Waals surface area contributed by atoms with Gasteiger partial charge in [-0.3, -0.25) is 0 Å². The summed E-state index contributed by atoms with van der Waals surface area (Å²) in [7, 11) is 0. The molecular formula is C13H18N2O2S. The van der Waals surface area contributed by atoms with E-state index >= 15 is 0 Å². The molecule has 2 rings (SSSR count). The van der Waals surface area contributed by atoms with Crippen LogP contribution >= 0.6 is 11.8 Å².